The number of aliphatic carboxylic acids is 1. The topological polar surface area (TPSA) is 105 Å². The van der Waals surface area contributed by atoms with Crippen LogP contribution in [0.2, 0.25) is 5.28 Å². The first kappa shape index (κ1) is 16.0. The Bertz CT molecular complexity index is 660. The van der Waals surface area contributed by atoms with E-state index in [0.29, 0.717) is 6.54 Å². The van der Waals surface area contributed by atoms with Gasteiger partial charge in [0.05, 0.1) is 6.42 Å². The molecule has 0 aliphatic heterocycles. The Kier molecular flexibility index (Phi) is 5.11. The number of carboxylic acids is 1. The first-order valence-corrected chi connectivity index (χ1v) is 7.01. The van der Waals surface area contributed by atoms with Crippen molar-refractivity contribution in [1.82, 2.24) is 15.0 Å². The number of hydrogen-bond acceptors (Lipinski definition) is 6. The molecule has 22 heavy (non-hydrogen) atoms. The van der Waals surface area contributed by atoms with Gasteiger partial charge in [-0.2, -0.15) is 15.0 Å². The van der Waals surface area contributed by atoms with Crippen LogP contribution in [0.5, 0.6) is 0 Å². The summed E-state index contributed by atoms with van der Waals surface area (Å²) in [4.78, 5) is 24.3. The lowest BCUT2D eigenvalue weighted by molar-refractivity contribution is -0.136. The predicted octanol–water partition coefficient (Wildman–Crippen LogP) is 1.90. The van der Waals surface area contributed by atoms with Gasteiger partial charge in [-0.25, -0.2) is 0 Å². The fourth-order valence-electron chi connectivity index (χ4n) is 2.01. The summed E-state index contributed by atoms with van der Waals surface area (Å²) in [6.07, 6.45) is -0.0466. The minimum atomic E-state index is -0.901. The molecule has 0 aliphatic rings. The van der Waals surface area contributed by atoms with Crippen LogP contribution in [0.25, 0.3) is 0 Å². The summed E-state index contributed by atoms with van der Waals surface area (Å²) in [6, 6.07) is 7.89. The maximum atomic E-state index is 10.8. The van der Waals surface area contributed by atoms with E-state index in [9.17, 15) is 4.79 Å². The van der Waals surface area contributed by atoms with Gasteiger partial charge in [0.1, 0.15) is 0 Å². The molecule has 1 aromatic heterocycles. The molecule has 0 amide bonds. The predicted molar refractivity (Wildman–Crippen MR) is 83.7 cm³/mol. The van der Waals surface area contributed by atoms with Gasteiger partial charge < -0.3 is 15.7 Å². The van der Waals surface area contributed by atoms with E-state index in [2.05, 4.69) is 15.0 Å². The lowest BCUT2D eigenvalue weighted by Crippen LogP contribution is -2.28. The zero-order valence-electron chi connectivity index (χ0n) is 12.0. The standard InChI is InChI=1S/C14H16ClN5O2/c1-9-3-2-4-10(7-9)8-20(6-5-11(21)22)14-18-12(15)17-13(16)19-14/h2-4,7H,5-6,8H2,1H3,(H,21,22)(H2,16,17,18,19). The minimum absolute atomic E-state index is 0.000401. The second-order valence-electron chi connectivity index (χ2n) is 4.82. The van der Waals surface area contributed by atoms with Crippen LogP contribution >= 0.6 is 11.6 Å². The van der Waals surface area contributed by atoms with E-state index < -0.39 is 5.97 Å². The van der Waals surface area contributed by atoms with Gasteiger partial charge in [0.2, 0.25) is 17.2 Å². The van der Waals surface area contributed by atoms with Gasteiger partial charge in [-0.1, -0.05) is 29.8 Å². The monoisotopic (exact) mass is 321 g/mol. The van der Waals surface area contributed by atoms with E-state index >= 15 is 0 Å². The van der Waals surface area contributed by atoms with Crippen LogP contribution in [0, 0.1) is 6.92 Å². The van der Waals surface area contributed by atoms with E-state index in [0.717, 1.165) is 11.1 Å². The lowest BCUT2D eigenvalue weighted by atomic mass is 10.1. The fourth-order valence-corrected chi connectivity index (χ4v) is 2.17. The van der Waals surface area contributed by atoms with Crippen molar-refractivity contribution in [3.05, 3.63) is 40.7 Å². The van der Waals surface area contributed by atoms with Crippen LogP contribution in [0.3, 0.4) is 0 Å². The molecule has 0 bridgehead atoms. The van der Waals surface area contributed by atoms with E-state index in [1.54, 1.807) is 4.90 Å². The number of carbonyl (C=O) groups is 1. The van der Waals surface area contributed by atoms with Crippen molar-refractivity contribution in [2.75, 3.05) is 17.2 Å². The molecule has 0 aliphatic carbocycles. The average Bonchev–Trinajstić information content (AvgIpc) is 2.42. The molecule has 0 fully saturated rings. The number of nitrogens with two attached hydrogens (primary N) is 1. The highest BCUT2D eigenvalue weighted by Gasteiger charge is 2.14. The molecule has 1 aromatic carbocycles. The largest absolute Gasteiger partial charge is 0.481 e. The zero-order chi connectivity index (χ0) is 16.1. The molecule has 0 atom stereocenters. The quantitative estimate of drug-likeness (QED) is 0.837. The highest BCUT2D eigenvalue weighted by molar-refractivity contribution is 6.28. The number of nitrogen functional groups attached to an aromatic ring is 1. The summed E-state index contributed by atoms with van der Waals surface area (Å²) in [5.74, 6) is -0.637. The molecular weight excluding hydrogens is 306 g/mol. The zero-order valence-corrected chi connectivity index (χ0v) is 12.8. The molecule has 0 radical (unpaired) electrons. The summed E-state index contributed by atoms with van der Waals surface area (Å²) in [5.41, 5.74) is 7.71. The molecule has 1 heterocycles. The van der Waals surface area contributed by atoms with Gasteiger partial charge in [0.15, 0.2) is 0 Å². The number of anilines is 2. The molecule has 116 valence electrons. The highest BCUT2D eigenvalue weighted by atomic mass is 35.5. The van der Waals surface area contributed by atoms with Gasteiger partial charge in [-0.15, -0.1) is 0 Å². The van der Waals surface area contributed by atoms with Crippen LogP contribution in [0.15, 0.2) is 24.3 Å². The SMILES string of the molecule is Cc1cccc(CN(CCC(=O)O)c2nc(N)nc(Cl)n2)c1. The highest BCUT2D eigenvalue weighted by Crippen LogP contribution is 2.16. The molecule has 0 unspecified atom stereocenters. The summed E-state index contributed by atoms with van der Waals surface area (Å²) in [6.45, 7) is 2.68. The van der Waals surface area contributed by atoms with Crippen molar-refractivity contribution in [2.45, 2.75) is 19.9 Å². The Balaban J connectivity index is 2.27. The number of carboxylic acid groups (broad SMARTS) is 1. The van der Waals surface area contributed by atoms with Crippen molar-refractivity contribution in [3.8, 4) is 0 Å². The Morgan fingerprint density at radius 2 is 2.14 bits per heavy atom. The van der Waals surface area contributed by atoms with Crippen molar-refractivity contribution in [3.63, 3.8) is 0 Å². The number of benzene rings is 1. The Morgan fingerprint density at radius 3 is 2.77 bits per heavy atom. The smallest absolute Gasteiger partial charge is 0.305 e. The van der Waals surface area contributed by atoms with Crippen LogP contribution < -0.4 is 10.6 Å². The molecule has 0 spiro atoms. The molecule has 8 heteroatoms. The van der Waals surface area contributed by atoms with Gasteiger partial charge in [0, 0.05) is 13.1 Å². The molecule has 3 N–H and O–H groups in total. The average molecular weight is 322 g/mol. The van der Waals surface area contributed by atoms with Crippen molar-refractivity contribution < 1.29 is 9.90 Å². The fraction of sp³-hybridized carbons (Fsp3) is 0.286. The van der Waals surface area contributed by atoms with Crippen LogP contribution in [-0.4, -0.2) is 32.6 Å². The maximum Gasteiger partial charge on any atom is 0.305 e. The molecule has 0 saturated carbocycles. The summed E-state index contributed by atoms with van der Waals surface area (Å²) in [7, 11) is 0. The second-order valence-corrected chi connectivity index (χ2v) is 5.16. The third-order valence-corrected chi connectivity index (χ3v) is 3.12. The first-order valence-electron chi connectivity index (χ1n) is 6.63. The third kappa shape index (κ3) is 4.56. The molecule has 2 aromatic rings. The molecule has 2 rings (SSSR count). The van der Waals surface area contributed by atoms with E-state index in [1.807, 2.05) is 31.2 Å². The number of aryl methyl sites for hydroxylation is 1. The Labute approximate surface area is 132 Å². The normalized spacial score (nSPS) is 10.5. The summed E-state index contributed by atoms with van der Waals surface area (Å²) >= 11 is 5.80. The van der Waals surface area contributed by atoms with Gasteiger partial charge >= 0.3 is 5.97 Å². The lowest BCUT2D eigenvalue weighted by Gasteiger charge is -2.22. The summed E-state index contributed by atoms with van der Waals surface area (Å²) < 4.78 is 0. The minimum Gasteiger partial charge on any atom is -0.481 e. The Morgan fingerprint density at radius 1 is 1.36 bits per heavy atom. The molecular formula is C14H16ClN5O2. The number of hydrogen-bond donors (Lipinski definition) is 2. The van der Waals surface area contributed by atoms with Crippen LogP contribution in [0.1, 0.15) is 17.5 Å². The first-order chi connectivity index (χ1) is 10.4. The maximum absolute atomic E-state index is 10.8. The van der Waals surface area contributed by atoms with Gasteiger partial charge in [-0.05, 0) is 24.1 Å². The third-order valence-electron chi connectivity index (χ3n) is 2.95. The number of rotatable bonds is 6. The van der Waals surface area contributed by atoms with E-state index in [-0.39, 0.29) is 30.1 Å². The van der Waals surface area contributed by atoms with Crippen molar-refractivity contribution in [1.29, 1.82) is 0 Å². The van der Waals surface area contributed by atoms with Crippen LogP contribution in [0.4, 0.5) is 11.9 Å². The second kappa shape index (κ2) is 7.04. The Hall–Kier alpha value is -2.41. The number of halogens is 1. The number of aromatic nitrogens is 3. The van der Waals surface area contributed by atoms with E-state index in [1.165, 1.54) is 0 Å². The van der Waals surface area contributed by atoms with Crippen molar-refractivity contribution in [2.24, 2.45) is 0 Å². The number of nitrogens with zero attached hydrogens (tertiary/aromatic N) is 4. The molecule has 7 nitrogen and oxygen atoms in total. The van der Waals surface area contributed by atoms with Crippen molar-refractivity contribution >= 4 is 29.5 Å². The van der Waals surface area contributed by atoms with Gasteiger partial charge in [0.25, 0.3) is 0 Å². The molecule has 0 saturated heterocycles. The van der Waals surface area contributed by atoms with Crippen LogP contribution in [-0.2, 0) is 11.3 Å². The van der Waals surface area contributed by atoms with E-state index in [4.69, 9.17) is 22.4 Å². The summed E-state index contributed by atoms with van der Waals surface area (Å²) in [5, 5.41) is 8.88. The van der Waals surface area contributed by atoms with Gasteiger partial charge in [-0.3, -0.25) is 4.79 Å².